The van der Waals surface area contributed by atoms with Gasteiger partial charge in [0.05, 0.1) is 5.56 Å². The molecule has 0 saturated carbocycles. The molecule has 0 aliphatic heterocycles. The number of carboxylic acid groups (broad SMARTS) is 1. The summed E-state index contributed by atoms with van der Waals surface area (Å²) in [6.45, 7) is 1.78. The molecule has 0 aliphatic carbocycles. The van der Waals surface area contributed by atoms with Crippen LogP contribution in [0, 0.1) is 6.92 Å². The van der Waals surface area contributed by atoms with E-state index >= 15 is 0 Å². The largest absolute Gasteiger partial charge is 0.478 e. The predicted molar refractivity (Wildman–Crippen MR) is 54.2 cm³/mol. The van der Waals surface area contributed by atoms with Gasteiger partial charge in [-0.25, -0.2) is 9.59 Å². The summed E-state index contributed by atoms with van der Waals surface area (Å²) < 4.78 is 4.91. The van der Waals surface area contributed by atoms with Crippen molar-refractivity contribution in [1.29, 1.82) is 0 Å². The van der Waals surface area contributed by atoms with Crippen molar-refractivity contribution in [3.05, 3.63) is 45.8 Å². The summed E-state index contributed by atoms with van der Waals surface area (Å²) in [5.74, 6) is -1.04. The monoisotopic (exact) mass is 204 g/mol. The van der Waals surface area contributed by atoms with Crippen LogP contribution in [0.2, 0.25) is 0 Å². The summed E-state index contributed by atoms with van der Waals surface area (Å²) in [5, 5.41) is 9.51. The molecule has 15 heavy (non-hydrogen) atoms. The van der Waals surface area contributed by atoms with E-state index in [-0.39, 0.29) is 5.56 Å². The van der Waals surface area contributed by atoms with E-state index < -0.39 is 11.6 Å². The van der Waals surface area contributed by atoms with E-state index in [1.165, 1.54) is 18.2 Å². The average Bonchev–Trinajstić information content (AvgIpc) is 2.16. The molecule has 0 radical (unpaired) electrons. The molecule has 0 unspecified atom stereocenters. The third kappa shape index (κ3) is 1.61. The summed E-state index contributed by atoms with van der Waals surface area (Å²) in [7, 11) is 0. The van der Waals surface area contributed by atoms with Gasteiger partial charge < -0.3 is 9.52 Å². The lowest BCUT2D eigenvalue weighted by molar-refractivity contribution is 0.0697. The molecule has 0 amide bonds. The third-order valence-electron chi connectivity index (χ3n) is 2.20. The minimum Gasteiger partial charge on any atom is -0.478 e. The molecular formula is C11H8O4. The molecule has 0 saturated heterocycles. The normalized spacial score (nSPS) is 10.5. The van der Waals surface area contributed by atoms with Crippen LogP contribution in [0.5, 0.6) is 0 Å². The van der Waals surface area contributed by atoms with E-state index in [0.717, 1.165) is 10.9 Å². The first kappa shape index (κ1) is 9.45. The van der Waals surface area contributed by atoms with Crippen LogP contribution in [0.4, 0.5) is 0 Å². The Bertz CT molecular complexity index is 595. The van der Waals surface area contributed by atoms with Crippen LogP contribution >= 0.6 is 0 Å². The van der Waals surface area contributed by atoms with Gasteiger partial charge in [0.25, 0.3) is 0 Å². The molecule has 1 heterocycles. The van der Waals surface area contributed by atoms with Crippen molar-refractivity contribution < 1.29 is 14.3 Å². The van der Waals surface area contributed by atoms with Gasteiger partial charge in [0.2, 0.25) is 0 Å². The van der Waals surface area contributed by atoms with Gasteiger partial charge in [-0.05, 0) is 24.6 Å². The lowest BCUT2D eigenvalue weighted by Crippen LogP contribution is -2.00. The second-order valence-corrected chi connectivity index (χ2v) is 3.26. The van der Waals surface area contributed by atoms with E-state index in [4.69, 9.17) is 9.52 Å². The molecule has 0 bridgehead atoms. The predicted octanol–water partition coefficient (Wildman–Crippen LogP) is 1.80. The van der Waals surface area contributed by atoms with E-state index in [9.17, 15) is 9.59 Å². The molecule has 0 atom stereocenters. The van der Waals surface area contributed by atoms with Crippen molar-refractivity contribution in [3.63, 3.8) is 0 Å². The average molecular weight is 204 g/mol. The van der Waals surface area contributed by atoms with Crippen molar-refractivity contribution >= 4 is 16.9 Å². The summed E-state index contributed by atoms with van der Waals surface area (Å²) in [6.07, 6.45) is 0. The topological polar surface area (TPSA) is 67.5 Å². The van der Waals surface area contributed by atoms with Crippen LogP contribution in [0.15, 0.2) is 33.5 Å². The molecule has 0 aliphatic rings. The smallest absolute Gasteiger partial charge is 0.336 e. The van der Waals surface area contributed by atoms with Crippen LogP contribution < -0.4 is 5.63 Å². The highest BCUT2D eigenvalue weighted by Crippen LogP contribution is 2.17. The summed E-state index contributed by atoms with van der Waals surface area (Å²) in [6, 6.07) is 5.85. The number of carbonyl (C=O) groups is 1. The number of benzene rings is 1. The SMILES string of the molecule is Cc1cc(=O)oc2cc(C(=O)O)ccc12. The molecule has 2 aromatic rings. The maximum absolute atomic E-state index is 11.1. The molecular weight excluding hydrogens is 196 g/mol. The standard InChI is InChI=1S/C11H8O4/c1-6-4-10(12)15-9-5-7(11(13)14)2-3-8(6)9/h2-5H,1H3,(H,13,14). The van der Waals surface area contributed by atoms with Gasteiger partial charge in [0, 0.05) is 11.5 Å². The van der Waals surface area contributed by atoms with E-state index in [0.29, 0.717) is 5.58 Å². The van der Waals surface area contributed by atoms with Crippen LogP contribution in [0.25, 0.3) is 11.0 Å². The van der Waals surface area contributed by atoms with Crippen molar-refractivity contribution in [2.24, 2.45) is 0 Å². The number of carboxylic acids is 1. The second-order valence-electron chi connectivity index (χ2n) is 3.26. The molecule has 1 N–H and O–H groups in total. The van der Waals surface area contributed by atoms with E-state index in [2.05, 4.69) is 0 Å². The fraction of sp³-hybridized carbons (Fsp3) is 0.0909. The summed E-state index contributed by atoms with van der Waals surface area (Å²) in [4.78, 5) is 21.8. The van der Waals surface area contributed by atoms with Crippen LogP contribution in [0.1, 0.15) is 15.9 Å². The van der Waals surface area contributed by atoms with E-state index in [1.807, 2.05) is 0 Å². The zero-order valence-corrected chi connectivity index (χ0v) is 7.98. The first-order chi connectivity index (χ1) is 7.08. The molecule has 1 aromatic carbocycles. The minimum absolute atomic E-state index is 0.108. The Hall–Kier alpha value is -2.10. The zero-order valence-electron chi connectivity index (χ0n) is 7.98. The Morgan fingerprint density at radius 1 is 1.33 bits per heavy atom. The lowest BCUT2D eigenvalue weighted by atomic mass is 10.1. The quantitative estimate of drug-likeness (QED) is 0.719. The number of aromatic carboxylic acids is 1. The number of fused-ring (bicyclic) bond motifs is 1. The Morgan fingerprint density at radius 3 is 2.73 bits per heavy atom. The minimum atomic E-state index is -1.04. The van der Waals surface area contributed by atoms with Crippen molar-refractivity contribution in [3.8, 4) is 0 Å². The van der Waals surface area contributed by atoms with Crippen LogP contribution in [-0.2, 0) is 0 Å². The van der Waals surface area contributed by atoms with Crippen LogP contribution in [-0.4, -0.2) is 11.1 Å². The number of aryl methyl sites for hydroxylation is 1. The fourth-order valence-electron chi connectivity index (χ4n) is 1.46. The van der Waals surface area contributed by atoms with Crippen molar-refractivity contribution in [1.82, 2.24) is 0 Å². The Labute approximate surface area is 84.8 Å². The maximum atomic E-state index is 11.1. The van der Waals surface area contributed by atoms with Gasteiger partial charge >= 0.3 is 11.6 Å². The second kappa shape index (κ2) is 3.24. The van der Waals surface area contributed by atoms with Crippen molar-refractivity contribution in [2.45, 2.75) is 6.92 Å². The highest BCUT2D eigenvalue weighted by Gasteiger charge is 2.07. The molecule has 0 fully saturated rings. The van der Waals surface area contributed by atoms with Crippen LogP contribution in [0.3, 0.4) is 0 Å². The summed E-state index contributed by atoms with van der Waals surface area (Å²) >= 11 is 0. The number of rotatable bonds is 1. The van der Waals surface area contributed by atoms with Gasteiger partial charge in [-0.3, -0.25) is 0 Å². The number of hydrogen-bond acceptors (Lipinski definition) is 3. The zero-order chi connectivity index (χ0) is 11.0. The first-order valence-corrected chi connectivity index (χ1v) is 4.36. The third-order valence-corrected chi connectivity index (χ3v) is 2.20. The molecule has 4 nitrogen and oxygen atoms in total. The summed E-state index contributed by atoms with van der Waals surface area (Å²) in [5.41, 5.74) is 0.719. The first-order valence-electron chi connectivity index (χ1n) is 4.36. The molecule has 0 spiro atoms. The highest BCUT2D eigenvalue weighted by molar-refractivity contribution is 5.93. The fourth-order valence-corrected chi connectivity index (χ4v) is 1.46. The van der Waals surface area contributed by atoms with E-state index in [1.54, 1.807) is 13.0 Å². The van der Waals surface area contributed by atoms with Crippen molar-refractivity contribution in [2.75, 3.05) is 0 Å². The Balaban J connectivity index is 2.82. The van der Waals surface area contributed by atoms with Gasteiger partial charge in [-0.1, -0.05) is 6.07 Å². The van der Waals surface area contributed by atoms with Gasteiger partial charge in [-0.15, -0.1) is 0 Å². The molecule has 76 valence electrons. The lowest BCUT2D eigenvalue weighted by Gasteiger charge is -2.00. The van der Waals surface area contributed by atoms with Gasteiger partial charge in [0.1, 0.15) is 5.58 Å². The highest BCUT2D eigenvalue weighted by atomic mass is 16.4. The maximum Gasteiger partial charge on any atom is 0.336 e. The molecule has 2 rings (SSSR count). The van der Waals surface area contributed by atoms with Gasteiger partial charge in [0.15, 0.2) is 0 Å². The Morgan fingerprint density at radius 2 is 2.07 bits per heavy atom. The Kier molecular flexibility index (Phi) is 2.04. The van der Waals surface area contributed by atoms with Gasteiger partial charge in [-0.2, -0.15) is 0 Å². The molecule has 1 aromatic heterocycles. The number of hydrogen-bond donors (Lipinski definition) is 1. The molecule has 4 heteroatoms.